The molecule has 3 rings (SSSR count). The third kappa shape index (κ3) is 4.36. The molecule has 0 atom stereocenters. The topological polar surface area (TPSA) is 49.7 Å². The van der Waals surface area contributed by atoms with Crippen molar-refractivity contribution in [1.82, 2.24) is 0 Å². The summed E-state index contributed by atoms with van der Waals surface area (Å²) >= 11 is 0. The Morgan fingerprint density at radius 3 is 1.52 bits per heavy atom. The summed E-state index contributed by atoms with van der Waals surface area (Å²) in [5, 5.41) is 0. The van der Waals surface area contributed by atoms with E-state index in [0.29, 0.717) is 16.8 Å². The van der Waals surface area contributed by atoms with E-state index in [2.05, 4.69) is 4.99 Å². The average Bonchev–Trinajstić information content (AvgIpc) is 2.72. The predicted octanol–water partition coefficient (Wildman–Crippen LogP) is 4.59. The number of aliphatic imine (C=N–C) groups is 1. The van der Waals surface area contributed by atoms with E-state index >= 15 is 0 Å². The van der Waals surface area contributed by atoms with E-state index in [1.165, 1.54) is 0 Å². The van der Waals surface area contributed by atoms with Crippen LogP contribution in [0.2, 0.25) is 0 Å². The lowest BCUT2D eigenvalue weighted by atomic mass is 9.99. The Hall–Kier alpha value is -3.53. The molecular formula is C23H20N2O2. The Kier molecular flexibility index (Phi) is 5.57. The van der Waals surface area contributed by atoms with Crippen LogP contribution in [0.3, 0.4) is 0 Å². The summed E-state index contributed by atoms with van der Waals surface area (Å²) in [4.78, 5) is 32.3. The van der Waals surface area contributed by atoms with Crippen LogP contribution in [0.1, 0.15) is 20.7 Å². The molecule has 0 aromatic heterocycles. The zero-order valence-corrected chi connectivity index (χ0v) is 15.3. The molecule has 0 radical (unpaired) electrons. The van der Waals surface area contributed by atoms with E-state index in [4.69, 9.17) is 0 Å². The monoisotopic (exact) mass is 356 g/mol. The minimum atomic E-state index is -0.388. The van der Waals surface area contributed by atoms with Gasteiger partial charge in [0.2, 0.25) is 11.6 Å². The summed E-state index contributed by atoms with van der Waals surface area (Å²) < 4.78 is 0. The van der Waals surface area contributed by atoms with Gasteiger partial charge in [-0.05, 0) is 24.3 Å². The summed E-state index contributed by atoms with van der Waals surface area (Å²) in [5.74, 6) is -0.776. The molecule has 0 heterocycles. The van der Waals surface area contributed by atoms with Crippen LogP contribution in [0.25, 0.3) is 0 Å². The first kappa shape index (κ1) is 18.3. The van der Waals surface area contributed by atoms with E-state index in [1.807, 2.05) is 43.3 Å². The van der Waals surface area contributed by atoms with Crippen molar-refractivity contribution in [2.24, 2.45) is 4.99 Å². The maximum Gasteiger partial charge on any atom is 0.215 e. The Morgan fingerprint density at radius 1 is 0.667 bits per heavy atom. The molecule has 0 aliphatic carbocycles. The van der Waals surface area contributed by atoms with Crippen molar-refractivity contribution >= 4 is 28.7 Å². The van der Waals surface area contributed by atoms with Gasteiger partial charge in [-0.3, -0.25) is 9.59 Å². The Labute approximate surface area is 158 Å². The van der Waals surface area contributed by atoms with E-state index in [0.717, 1.165) is 5.69 Å². The van der Waals surface area contributed by atoms with Crippen LogP contribution >= 0.6 is 0 Å². The minimum absolute atomic E-state index is 0.0926. The van der Waals surface area contributed by atoms with Crippen molar-refractivity contribution < 1.29 is 9.59 Å². The lowest BCUT2D eigenvalue weighted by molar-refractivity contribution is 0.102. The average molecular weight is 356 g/mol. The molecule has 0 aliphatic heterocycles. The summed E-state index contributed by atoms with van der Waals surface area (Å²) in [5.41, 5.74) is 2.35. The number of hydrogen-bond acceptors (Lipinski definition) is 4. The predicted molar refractivity (Wildman–Crippen MR) is 109 cm³/mol. The molecule has 3 aromatic rings. The van der Waals surface area contributed by atoms with Gasteiger partial charge in [0.15, 0.2) is 5.71 Å². The van der Waals surface area contributed by atoms with E-state index in [9.17, 15) is 9.59 Å². The molecule has 27 heavy (non-hydrogen) atoms. The molecule has 134 valence electrons. The molecule has 0 saturated heterocycles. The Morgan fingerprint density at radius 2 is 1.11 bits per heavy atom. The zero-order chi connectivity index (χ0) is 19.2. The van der Waals surface area contributed by atoms with Crippen molar-refractivity contribution in [3.05, 3.63) is 96.1 Å². The van der Waals surface area contributed by atoms with Gasteiger partial charge in [0.25, 0.3) is 0 Å². The van der Waals surface area contributed by atoms with Gasteiger partial charge in [-0.15, -0.1) is 0 Å². The number of carbonyl (C=O) groups is 2. The van der Waals surface area contributed by atoms with E-state index in [1.54, 1.807) is 60.7 Å². The lowest BCUT2D eigenvalue weighted by Crippen LogP contribution is -2.24. The minimum Gasteiger partial charge on any atom is -0.378 e. The number of hydrogen-bond donors (Lipinski definition) is 0. The number of nitrogens with zero attached hydrogens (tertiary/aromatic N) is 2. The number of ketones is 2. The summed E-state index contributed by atoms with van der Waals surface area (Å²) in [7, 11) is 3.89. The van der Waals surface area contributed by atoms with Crippen molar-refractivity contribution in [2.75, 3.05) is 19.0 Å². The SMILES string of the molecule is CN(C)c1ccc(N=C(C(=O)c2ccccc2)C(=O)c2ccccc2)cc1. The number of carbonyl (C=O) groups excluding carboxylic acids is 2. The largest absolute Gasteiger partial charge is 0.378 e. The van der Waals surface area contributed by atoms with E-state index < -0.39 is 0 Å². The second-order valence-corrected chi connectivity index (χ2v) is 6.26. The van der Waals surface area contributed by atoms with Gasteiger partial charge in [0.1, 0.15) is 0 Å². The zero-order valence-electron chi connectivity index (χ0n) is 15.3. The van der Waals surface area contributed by atoms with Crippen LogP contribution in [0.15, 0.2) is 89.9 Å². The summed E-state index contributed by atoms with van der Waals surface area (Å²) in [6.45, 7) is 0. The van der Waals surface area contributed by atoms with Crippen LogP contribution < -0.4 is 4.90 Å². The highest BCUT2D eigenvalue weighted by Gasteiger charge is 2.23. The van der Waals surface area contributed by atoms with Crippen molar-refractivity contribution in [2.45, 2.75) is 0 Å². The van der Waals surface area contributed by atoms with Crippen LogP contribution in [-0.2, 0) is 0 Å². The highest BCUT2D eigenvalue weighted by Crippen LogP contribution is 2.20. The second-order valence-electron chi connectivity index (χ2n) is 6.26. The molecule has 0 N–H and O–H groups in total. The number of Topliss-reactive ketones (excluding diaryl/α,β-unsaturated/α-hetero) is 2. The molecule has 3 aromatic carbocycles. The van der Waals surface area contributed by atoms with Gasteiger partial charge in [-0.2, -0.15) is 0 Å². The Balaban J connectivity index is 2.04. The fraction of sp³-hybridized carbons (Fsp3) is 0.0870. The van der Waals surface area contributed by atoms with Gasteiger partial charge in [0, 0.05) is 30.9 Å². The molecule has 0 fully saturated rings. The van der Waals surface area contributed by atoms with Crippen molar-refractivity contribution in [3.63, 3.8) is 0 Å². The van der Waals surface area contributed by atoms with Crippen LogP contribution in [0, 0.1) is 0 Å². The highest BCUT2D eigenvalue weighted by molar-refractivity contribution is 6.72. The normalized spacial score (nSPS) is 10.1. The first-order valence-electron chi connectivity index (χ1n) is 8.62. The smallest absolute Gasteiger partial charge is 0.215 e. The third-order valence-corrected chi connectivity index (χ3v) is 4.11. The quantitative estimate of drug-likeness (QED) is 0.369. The van der Waals surface area contributed by atoms with Gasteiger partial charge in [0.05, 0.1) is 5.69 Å². The number of rotatable bonds is 6. The molecule has 4 nitrogen and oxygen atoms in total. The van der Waals surface area contributed by atoms with Gasteiger partial charge in [-0.25, -0.2) is 4.99 Å². The molecule has 0 spiro atoms. The van der Waals surface area contributed by atoms with E-state index in [-0.39, 0.29) is 17.3 Å². The summed E-state index contributed by atoms with van der Waals surface area (Å²) in [6, 6.07) is 24.9. The molecule has 0 aliphatic rings. The van der Waals surface area contributed by atoms with Crippen LogP contribution in [0.4, 0.5) is 11.4 Å². The maximum atomic E-state index is 13.0. The molecule has 0 unspecified atom stereocenters. The summed E-state index contributed by atoms with van der Waals surface area (Å²) in [6.07, 6.45) is 0. The molecule has 4 heteroatoms. The molecule has 0 saturated carbocycles. The molecule has 0 bridgehead atoms. The highest BCUT2D eigenvalue weighted by atomic mass is 16.2. The molecular weight excluding hydrogens is 336 g/mol. The lowest BCUT2D eigenvalue weighted by Gasteiger charge is -2.12. The Bertz CT molecular complexity index is 907. The number of benzene rings is 3. The fourth-order valence-electron chi connectivity index (χ4n) is 2.61. The van der Waals surface area contributed by atoms with Gasteiger partial charge < -0.3 is 4.90 Å². The van der Waals surface area contributed by atoms with Gasteiger partial charge >= 0.3 is 0 Å². The molecule has 0 amide bonds. The van der Waals surface area contributed by atoms with Crippen LogP contribution in [-0.4, -0.2) is 31.4 Å². The maximum absolute atomic E-state index is 13.0. The van der Waals surface area contributed by atoms with Crippen LogP contribution in [0.5, 0.6) is 0 Å². The number of anilines is 1. The van der Waals surface area contributed by atoms with Crippen molar-refractivity contribution in [1.29, 1.82) is 0 Å². The first-order valence-corrected chi connectivity index (χ1v) is 8.62. The standard InChI is InChI=1S/C23H20N2O2/c1-25(2)20-15-13-19(14-16-20)24-21(22(26)17-9-5-3-6-10-17)23(27)18-11-7-4-8-12-18/h3-16H,1-2H3. The second kappa shape index (κ2) is 8.23. The third-order valence-electron chi connectivity index (χ3n) is 4.11. The van der Waals surface area contributed by atoms with Crippen molar-refractivity contribution in [3.8, 4) is 0 Å². The fourth-order valence-corrected chi connectivity index (χ4v) is 2.61. The first-order chi connectivity index (χ1) is 13.1. The van der Waals surface area contributed by atoms with Gasteiger partial charge in [-0.1, -0.05) is 60.7 Å².